The van der Waals surface area contributed by atoms with E-state index < -0.39 is 5.60 Å². The summed E-state index contributed by atoms with van der Waals surface area (Å²) in [5.41, 5.74) is 12.6. The molecule has 0 aliphatic carbocycles. The quantitative estimate of drug-likeness (QED) is 0.591. The second-order valence-corrected chi connectivity index (χ2v) is 5.29. The van der Waals surface area contributed by atoms with E-state index in [1.165, 1.54) is 0 Å². The minimum absolute atomic E-state index is 0.461. The molecule has 1 rings (SSSR count). The predicted octanol–water partition coefficient (Wildman–Crippen LogP) is 2.06. The Morgan fingerprint density at radius 2 is 1.94 bits per heavy atom. The fraction of sp³-hybridized carbons (Fsp3) is 0.538. The Bertz CT molecular complexity index is 375. The Hall–Kier alpha value is -1.42. The van der Waals surface area contributed by atoms with E-state index in [2.05, 4.69) is 19.2 Å². The van der Waals surface area contributed by atoms with Crippen LogP contribution in [-0.2, 0) is 0 Å². The van der Waals surface area contributed by atoms with Crippen molar-refractivity contribution in [3.63, 3.8) is 0 Å². The molecule has 0 saturated heterocycles. The summed E-state index contributed by atoms with van der Waals surface area (Å²) in [6, 6.07) is 5.40. The molecule has 0 fully saturated rings. The first-order chi connectivity index (χ1) is 7.80. The van der Waals surface area contributed by atoms with Gasteiger partial charge in [0.15, 0.2) is 0 Å². The number of nitrogen functional groups attached to an aromatic ring is 2. The van der Waals surface area contributed by atoms with Gasteiger partial charge in [0.05, 0.1) is 17.0 Å². The summed E-state index contributed by atoms with van der Waals surface area (Å²) in [5, 5.41) is 13.3. The Morgan fingerprint density at radius 1 is 1.29 bits per heavy atom. The number of aliphatic hydroxyl groups is 1. The van der Waals surface area contributed by atoms with Gasteiger partial charge in [-0.25, -0.2) is 0 Å². The number of hydrogen-bond donors (Lipinski definition) is 4. The van der Waals surface area contributed by atoms with Gasteiger partial charge >= 0.3 is 0 Å². The lowest BCUT2D eigenvalue weighted by molar-refractivity contribution is 0.0515. The van der Waals surface area contributed by atoms with Crippen LogP contribution < -0.4 is 16.8 Å². The van der Waals surface area contributed by atoms with Crippen molar-refractivity contribution in [2.75, 3.05) is 23.3 Å². The predicted molar refractivity (Wildman–Crippen MR) is 73.8 cm³/mol. The highest BCUT2D eigenvalue weighted by Crippen LogP contribution is 2.21. The summed E-state index contributed by atoms with van der Waals surface area (Å²) in [4.78, 5) is 0. The van der Waals surface area contributed by atoms with E-state index in [0.29, 0.717) is 23.8 Å². The van der Waals surface area contributed by atoms with Crippen molar-refractivity contribution >= 4 is 17.1 Å². The van der Waals surface area contributed by atoms with E-state index in [9.17, 15) is 5.11 Å². The van der Waals surface area contributed by atoms with E-state index in [1.54, 1.807) is 12.1 Å². The Labute approximate surface area is 103 Å². The Balaban J connectivity index is 2.58. The average molecular weight is 237 g/mol. The van der Waals surface area contributed by atoms with E-state index in [0.717, 1.165) is 12.1 Å². The van der Waals surface area contributed by atoms with E-state index in [1.807, 2.05) is 13.0 Å². The average Bonchev–Trinajstić information content (AvgIpc) is 2.18. The molecule has 1 aromatic carbocycles. The van der Waals surface area contributed by atoms with Crippen molar-refractivity contribution in [1.29, 1.82) is 0 Å². The van der Waals surface area contributed by atoms with Gasteiger partial charge in [-0.15, -0.1) is 0 Å². The molecule has 0 aliphatic heterocycles. The number of benzene rings is 1. The van der Waals surface area contributed by atoms with Crippen molar-refractivity contribution in [1.82, 2.24) is 0 Å². The third-order valence-corrected chi connectivity index (χ3v) is 2.61. The molecule has 4 nitrogen and oxygen atoms in total. The molecule has 0 saturated carbocycles. The largest absolute Gasteiger partial charge is 0.397 e. The third-order valence-electron chi connectivity index (χ3n) is 2.61. The van der Waals surface area contributed by atoms with Gasteiger partial charge in [-0.2, -0.15) is 0 Å². The lowest BCUT2D eigenvalue weighted by Crippen LogP contribution is -2.34. The molecule has 1 unspecified atom stereocenters. The van der Waals surface area contributed by atoms with Gasteiger partial charge in [0, 0.05) is 12.2 Å². The first kappa shape index (κ1) is 13.6. The molecule has 4 heteroatoms. The topological polar surface area (TPSA) is 84.3 Å². The molecule has 1 aromatic rings. The van der Waals surface area contributed by atoms with Crippen LogP contribution in [0.4, 0.5) is 17.1 Å². The molecule has 0 aliphatic rings. The van der Waals surface area contributed by atoms with Crippen molar-refractivity contribution in [2.45, 2.75) is 32.8 Å². The highest BCUT2D eigenvalue weighted by atomic mass is 16.3. The summed E-state index contributed by atoms with van der Waals surface area (Å²) in [6.45, 7) is 6.51. The van der Waals surface area contributed by atoms with Crippen LogP contribution in [0.15, 0.2) is 18.2 Å². The van der Waals surface area contributed by atoms with Gasteiger partial charge in [0.1, 0.15) is 0 Å². The second-order valence-electron chi connectivity index (χ2n) is 5.29. The molecular weight excluding hydrogens is 214 g/mol. The Morgan fingerprint density at radius 3 is 2.47 bits per heavy atom. The molecular formula is C13H23N3O. The molecule has 6 N–H and O–H groups in total. The SMILES string of the molecule is CC(C)CC(C)(O)CNc1ccc(N)c(N)c1. The van der Waals surface area contributed by atoms with Crippen molar-refractivity contribution in [2.24, 2.45) is 5.92 Å². The van der Waals surface area contributed by atoms with E-state index in [4.69, 9.17) is 11.5 Å². The van der Waals surface area contributed by atoms with Gasteiger partial charge in [0.2, 0.25) is 0 Å². The number of hydrogen-bond acceptors (Lipinski definition) is 4. The van der Waals surface area contributed by atoms with Gasteiger partial charge in [0.25, 0.3) is 0 Å². The third kappa shape index (κ3) is 4.53. The number of nitrogens with two attached hydrogens (primary N) is 2. The maximum Gasteiger partial charge on any atom is 0.0793 e. The molecule has 0 heterocycles. The molecule has 1 atom stereocenters. The monoisotopic (exact) mass is 237 g/mol. The summed E-state index contributed by atoms with van der Waals surface area (Å²) < 4.78 is 0. The lowest BCUT2D eigenvalue weighted by Gasteiger charge is -2.26. The highest BCUT2D eigenvalue weighted by molar-refractivity contribution is 5.69. The van der Waals surface area contributed by atoms with Crippen LogP contribution in [0, 0.1) is 5.92 Å². The normalized spacial score (nSPS) is 14.6. The summed E-state index contributed by atoms with van der Waals surface area (Å²) in [5.74, 6) is 0.461. The Kier molecular flexibility index (Phi) is 4.23. The highest BCUT2D eigenvalue weighted by Gasteiger charge is 2.21. The van der Waals surface area contributed by atoms with E-state index >= 15 is 0 Å². The van der Waals surface area contributed by atoms with Crippen LogP contribution in [0.3, 0.4) is 0 Å². The molecule has 0 amide bonds. The second kappa shape index (κ2) is 5.27. The summed E-state index contributed by atoms with van der Waals surface area (Å²) >= 11 is 0. The molecule has 96 valence electrons. The van der Waals surface area contributed by atoms with Crippen molar-refractivity contribution < 1.29 is 5.11 Å². The maximum atomic E-state index is 10.2. The van der Waals surface area contributed by atoms with Gasteiger partial charge in [-0.1, -0.05) is 13.8 Å². The van der Waals surface area contributed by atoms with Gasteiger partial charge < -0.3 is 21.9 Å². The maximum absolute atomic E-state index is 10.2. The number of nitrogens with one attached hydrogen (secondary N) is 1. The number of rotatable bonds is 5. The summed E-state index contributed by atoms with van der Waals surface area (Å²) in [6.07, 6.45) is 0.754. The van der Waals surface area contributed by atoms with Crippen LogP contribution >= 0.6 is 0 Å². The smallest absolute Gasteiger partial charge is 0.0793 e. The van der Waals surface area contributed by atoms with Crippen LogP contribution in [0.5, 0.6) is 0 Å². The minimum Gasteiger partial charge on any atom is -0.397 e. The van der Waals surface area contributed by atoms with Gasteiger partial charge in [-0.3, -0.25) is 0 Å². The standard InChI is InChI=1S/C13H23N3O/c1-9(2)7-13(3,17)8-16-10-4-5-11(14)12(15)6-10/h4-6,9,16-17H,7-8,14-15H2,1-3H3. The van der Waals surface area contributed by atoms with Crippen molar-refractivity contribution in [3.05, 3.63) is 18.2 Å². The minimum atomic E-state index is -0.718. The van der Waals surface area contributed by atoms with Crippen LogP contribution in [0.1, 0.15) is 27.2 Å². The molecule has 0 bridgehead atoms. The number of anilines is 3. The fourth-order valence-corrected chi connectivity index (χ4v) is 1.93. The molecule has 0 aromatic heterocycles. The fourth-order valence-electron chi connectivity index (χ4n) is 1.93. The summed E-state index contributed by atoms with van der Waals surface area (Å²) in [7, 11) is 0. The first-order valence-electron chi connectivity index (χ1n) is 5.91. The van der Waals surface area contributed by atoms with Crippen molar-refractivity contribution in [3.8, 4) is 0 Å². The van der Waals surface area contributed by atoms with Crippen LogP contribution in [-0.4, -0.2) is 17.3 Å². The first-order valence-corrected chi connectivity index (χ1v) is 5.91. The molecule has 0 radical (unpaired) electrons. The van der Waals surface area contributed by atoms with E-state index in [-0.39, 0.29) is 0 Å². The molecule has 0 spiro atoms. The van der Waals surface area contributed by atoms with Crippen LogP contribution in [0.25, 0.3) is 0 Å². The zero-order valence-corrected chi connectivity index (χ0v) is 10.8. The van der Waals surface area contributed by atoms with Crippen LogP contribution in [0.2, 0.25) is 0 Å². The zero-order valence-electron chi connectivity index (χ0n) is 10.8. The lowest BCUT2D eigenvalue weighted by atomic mass is 9.94. The zero-order chi connectivity index (χ0) is 13.1. The van der Waals surface area contributed by atoms with Gasteiger partial charge in [-0.05, 0) is 37.5 Å². The molecule has 17 heavy (non-hydrogen) atoms.